The third-order valence-corrected chi connectivity index (χ3v) is 7.16. The molecule has 0 aliphatic carbocycles. The Balaban J connectivity index is 1.83. The molecule has 0 spiro atoms. The maximum absolute atomic E-state index is 4.96. The van der Waals surface area contributed by atoms with Crippen LogP contribution >= 0.6 is 22.7 Å². The minimum absolute atomic E-state index is 0.251. The number of hydrogen-bond donors (Lipinski definition) is 0. The number of thiazole rings is 1. The van der Waals surface area contributed by atoms with Gasteiger partial charge in [-0.3, -0.25) is 4.98 Å². The predicted molar refractivity (Wildman–Crippen MR) is 124 cm³/mol. The van der Waals surface area contributed by atoms with Crippen molar-refractivity contribution in [2.75, 3.05) is 0 Å². The topological polar surface area (TPSA) is 25.8 Å². The molecule has 28 heavy (non-hydrogen) atoms. The number of aromatic nitrogens is 2. The quantitative estimate of drug-likeness (QED) is 0.350. The Morgan fingerprint density at radius 2 is 1.71 bits per heavy atom. The van der Waals surface area contributed by atoms with Gasteiger partial charge in [0, 0.05) is 17.1 Å². The van der Waals surface area contributed by atoms with Crippen LogP contribution in [0.3, 0.4) is 0 Å². The van der Waals surface area contributed by atoms with E-state index in [-0.39, 0.29) is 5.41 Å². The smallest absolute Gasteiger partial charge is 0.133 e. The molecule has 144 valence electrons. The summed E-state index contributed by atoms with van der Waals surface area (Å²) in [6.45, 7) is 13.3. The molecule has 0 saturated carbocycles. The molecule has 0 saturated heterocycles. The molecular weight excluding hydrogens is 380 g/mol. The number of rotatable bonds is 3. The molecule has 4 heteroatoms. The minimum atomic E-state index is 0.251. The fraction of sp³-hybridized carbons (Fsp3) is 0.333. The maximum atomic E-state index is 4.96. The van der Waals surface area contributed by atoms with Crippen molar-refractivity contribution >= 4 is 32.8 Å². The van der Waals surface area contributed by atoms with Crippen molar-refractivity contribution in [1.82, 2.24) is 9.97 Å². The van der Waals surface area contributed by atoms with E-state index in [1.807, 2.05) is 17.5 Å². The summed E-state index contributed by atoms with van der Waals surface area (Å²) in [6.07, 6.45) is 2.94. The van der Waals surface area contributed by atoms with Gasteiger partial charge in [-0.25, -0.2) is 4.98 Å². The normalized spacial score (nSPS) is 12.1. The van der Waals surface area contributed by atoms with Crippen molar-refractivity contribution in [2.24, 2.45) is 5.41 Å². The summed E-state index contributed by atoms with van der Waals surface area (Å²) >= 11 is 3.59. The Bertz CT molecular complexity index is 1140. The zero-order valence-electron chi connectivity index (χ0n) is 17.4. The Labute approximate surface area is 175 Å². The summed E-state index contributed by atoms with van der Waals surface area (Å²) in [5, 5.41) is 4.63. The Hall–Kier alpha value is -2.04. The van der Waals surface area contributed by atoms with Gasteiger partial charge in [0.1, 0.15) is 5.01 Å². The van der Waals surface area contributed by atoms with Crippen molar-refractivity contribution in [2.45, 2.75) is 48.0 Å². The number of benzene rings is 1. The lowest BCUT2D eigenvalue weighted by molar-refractivity contribution is 0.407. The van der Waals surface area contributed by atoms with Crippen molar-refractivity contribution in [3.05, 3.63) is 58.2 Å². The molecule has 0 bridgehead atoms. The number of thiophene rings is 1. The van der Waals surface area contributed by atoms with Gasteiger partial charge in [0.25, 0.3) is 0 Å². The number of pyridine rings is 1. The number of hydrogen-bond acceptors (Lipinski definition) is 4. The Morgan fingerprint density at radius 3 is 2.39 bits per heavy atom. The van der Waals surface area contributed by atoms with E-state index in [4.69, 9.17) is 9.97 Å². The first-order valence-electron chi connectivity index (χ1n) is 9.63. The molecule has 0 aliphatic rings. The lowest BCUT2D eigenvalue weighted by Crippen LogP contribution is -2.09. The second-order valence-corrected chi connectivity index (χ2v) is 10.7. The largest absolute Gasteiger partial charge is 0.255 e. The molecule has 2 nitrogen and oxygen atoms in total. The molecular formula is C24H26N2S2. The van der Waals surface area contributed by atoms with Crippen LogP contribution in [-0.2, 0) is 6.42 Å². The molecule has 3 aromatic heterocycles. The van der Waals surface area contributed by atoms with Crippen LogP contribution in [0.5, 0.6) is 0 Å². The Kier molecular flexibility index (Phi) is 4.88. The van der Waals surface area contributed by atoms with Crippen molar-refractivity contribution in [3.63, 3.8) is 0 Å². The highest BCUT2D eigenvalue weighted by atomic mass is 32.1. The summed E-state index contributed by atoms with van der Waals surface area (Å²) in [7, 11) is 0. The lowest BCUT2D eigenvalue weighted by Gasteiger charge is -2.15. The van der Waals surface area contributed by atoms with E-state index in [1.54, 1.807) is 11.3 Å². The van der Waals surface area contributed by atoms with Crippen LogP contribution in [0, 0.1) is 26.2 Å². The summed E-state index contributed by atoms with van der Waals surface area (Å²) in [5.41, 5.74) is 7.57. The van der Waals surface area contributed by atoms with Crippen LogP contribution in [0.15, 0.2) is 35.8 Å². The first-order valence-corrected chi connectivity index (χ1v) is 11.3. The molecule has 4 aromatic rings. The van der Waals surface area contributed by atoms with Gasteiger partial charge in [-0.05, 0) is 61.8 Å². The lowest BCUT2D eigenvalue weighted by atomic mass is 9.91. The molecule has 0 amide bonds. The van der Waals surface area contributed by atoms with Gasteiger partial charge >= 0.3 is 0 Å². The average Bonchev–Trinajstić information content (AvgIpc) is 3.17. The van der Waals surface area contributed by atoms with E-state index >= 15 is 0 Å². The maximum Gasteiger partial charge on any atom is 0.133 e. The number of fused-ring (bicyclic) bond motifs is 1. The minimum Gasteiger partial charge on any atom is -0.255 e. The fourth-order valence-electron chi connectivity index (χ4n) is 3.70. The average molecular weight is 407 g/mol. The molecule has 4 rings (SSSR count). The van der Waals surface area contributed by atoms with Crippen LogP contribution in [-0.4, -0.2) is 9.97 Å². The molecule has 3 heterocycles. The number of nitrogens with zero attached hydrogens (tertiary/aromatic N) is 2. The number of aryl methyl sites for hydroxylation is 3. The van der Waals surface area contributed by atoms with E-state index in [9.17, 15) is 0 Å². The van der Waals surface area contributed by atoms with Crippen molar-refractivity contribution in [1.29, 1.82) is 0 Å². The monoisotopic (exact) mass is 406 g/mol. The summed E-state index contributed by atoms with van der Waals surface area (Å²) in [6, 6.07) is 8.81. The van der Waals surface area contributed by atoms with Gasteiger partial charge in [-0.1, -0.05) is 38.0 Å². The summed E-state index contributed by atoms with van der Waals surface area (Å²) in [4.78, 5) is 11.0. The van der Waals surface area contributed by atoms with Crippen LogP contribution < -0.4 is 0 Å². The zero-order chi connectivity index (χ0) is 20.1. The van der Waals surface area contributed by atoms with Crippen molar-refractivity contribution < 1.29 is 0 Å². The second kappa shape index (κ2) is 7.09. The van der Waals surface area contributed by atoms with Gasteiger partial charge in [-0.2, -0.15) is 0 Å². The molecule has 0 N–H and O–H groups in total. The third kappa shape index (κ3) is 3.76. The molecule has 1 aromatic carbocycles. The van der Waals surface area contributed by atoms with Gasteiger partial charge in [0.2, 0.25) is 0 Å². The van der Waals surface area contributed by atoms with Gasteiger partial charge in [-0.15, -0.1) is 22.7 Å². The third-order valence-electron chi connectivity index (χ3n) is 4.81. The molecule has 0 aliphatic heterocycles. The second-order valence-electron chi connectivity index (χ2n) is 8.85. The standard InChI is InChI=1S/C24H26N2S2/c1-14-9-15(2)11-17(10-14)20-22-19(7-8-25-20)16(3)21(28-22)23-26-18(13-27-23)12-24(4,5)6/h7-11,13H,12H2,1-6H3. The fourth-order valence-corrected chi connectivity index (χ4v) is 5.99. The highest BCUT2D eigenvalue weighted by Crippen LogP contribution is 2.43. The van der Waals surface area contributed by atoms with Gasteiger partial charge < -0.3 is 0 Å². The van der Waals surface area contributed by atoms with Crippen LogP contribution in [0.25, 0.3) is 31.2 Å². The van der Waals surface area contributed by atoms with Crippen LogP contribution in [0.1, 0.15) is 43.2 Å². The summed E-state index contributed by atoms with van der Waals surface area (Å²) < 4.78 is 1.26. The molecule has 0 fully saturated rings. The van der Waals surface area contributed by atoms with Crippen LogP contribution in [0.2, 0.25) is 0 Å². The van der Waals surface area contributed by atoms with Gasteiger partial charge in [0.15, 0.2) is 0 Å². The Morgan fingerprint density at radius 1 is 1.00 bits per heavy atom. The predicted octanol–water partition coefficient (Wildman–Crippen LogP) is 7.60. The highest BCUT2D eigenvalue weighted by molar-refractivity contribution is 7.26. The van der Waals surface area contributed by atoms with Crippen LogP contribution in [0.4, 0.5) is 0 Å². The SMILES string of the molecule is Cc1cc(C)cc(-c2nccc3c(C)c(-c4nc(CC(C)(C)C)cs4)sc23)c1. The van der Waals surface area contributed by atoms with Gasteiger partial charge in [0.05, 0.1) is 21.0 Å². The first kappa shape index (κ1) is 19.3. The van der Waals surface area contributed by atoms with E-state index < -0.39 is 0 Å². The molecule has 0 unspecified atom stereocenters. The van der Waals surface area contributed by atoms with E-state index in [0.717, 1.165) is 17.1 Å². The summed E-state index contributed by atoms with van der Waals surface area (Å²) in [5.74, 6) is 0. The zero-order valence-corrected chi connectivity index (χ0v) is 19.0. The molecule has 0 radical (unpaired) electrons. The van der Waals surface area contributed by atoms with E-state index in [2.05, 4.69) is 71.2 Å². The van der Waals surface area contributed by atoms with E-state index in [1.165, 1.54) is 42.9 Å². The first-order chi connectivity index (χ1) is 13.2. The van der Waals surface area contributed by atoms with Crippen molar-refractivity contribution in [3.8, 4) is 21.1 Å². The highest BCUT2D eigenvalue weighted by Gasteiger charge is 2.19. The molecule has 0 atom stereocenters. The van der Waals surface area contributed by atoms with E-state index in [0.29, 0.717) is 0 Å².